The topological polar surface area (TPSA) is 54.7 Å². The Kier molecular flexibility index (Phi) is 5.00. The highest BCUT2D eigenvalue weighted by atomic mass is 16.5. The molecule has 0 spiro atoms. The minimum absolute atomic E-state index is 0.0888. The number of phenols is 1. The summed E-state index contributed by atoms with van der Waals surface area (Å²) in [6.07, 6.45) is 2.12. The maximum absolute atomic E-state index is 12.4. The first-order valence-corrected chi connectivity index (χ1v) is 7.83. The van der Waals surface area contributed by atoms with Crippen molar-refractivity contribution in [2.24, 2.45) is 5.41 Å². The lowest BCUT2D eigenvalue weighted by Gasteiger charge is -2.18. The number of nitrogens with zero attached hydrogens (tertiary/aromatic N) is 2. The number of aromatic hydroxyl groups is 1. The van der Waals surface area contributed by atoms with Crippen LogP contribution >= 0.6 is 0 Å². The Labute approximate surface area is 137 Å². The van der Waals surface area contributed by atoms with Gasteiger partial charge in [0.05, 0.1) is 12.1 Å². The molecule has 0 bridgehead atoms. The minimum atomic E-state index is -0.411. The van der Waals surface area contributed by atoms with Crippen molar-refractivity contribution in [2.75, 3.05) is 27.2 Å². The van der Waals surface area contributed by atoms with Crippen LogP contribution in [0, 0.1) is 5.41 Å². The van der Waals surface area contributed by atoms with Crippen molar-refractivity contribution in [1.29, 1.82) is 0 Å². The van der Waals surface area contributed by atoms with Crippen molar-refractivity contribution in [3.63, 3.8) is 0 Å². The predicted octanol–water partition coefficient (Wildman–Crippen LogP) is 3.48. The standard InChI is InChI=1S/C18H26N2O3/c1-18(2,3)12-23-17(22)20-11-13(9-10-19(4)5)16-14(20)7-6-8-15(16)21/h6-8,11,21H,9-10,12H2,1-5H3. The normalized spacial score (nSPS) is 12.1. The van der Waals surface area contributed by atoms with Crippen LogP contribution in [0.5, 0.6) is 5.75 Å². The zero-order valence-corrected chi connectivity index (χ0v) is 14.6. The van der Waals surface area contributed by atoms with E-state index in [2.05, 4.69) is 4.90 Å². The first-order chi connectivity index (χ1) is 10.7. The molecule has 2 rings (SSSR count). The highest BCUT2D eigenvalue weighted by Crippen LogP contribution is 2.30. The van der Waals surface area contributed by atoms with Gasteiger partial charge < -0.3 is 14.7 Å². The van der Waals surface area contributed by atoms with Gasteiger partial charge in [0.1, 0.15) is 5.75 Å². The van der Waals surface area contributed by atoms with E-state index in [0.29, 0.717) is 12.1 Å². The van der Waals surface area contributed by atoms with Crippen LogP contribution in [0.3, 0.4) is 0 Å². The summed E-state index contributed by atoms with van der Waals surface area (Å²) in [7, 11) is 3.99. The van der Waals surface area contributed by atoms with Gasteiger partial charge in [0.2, 0.25) is 0 Å². The highest BCUT2D eigenvalue weighted by Gasteiger charge is 2.19. The van der Waals surface area contributed by atoms with E-state index >= 15 is 0 Å². The van der Waals surface area contributed by atoms with Gasteiger partial charge >= 0.3 is 6.09 Å². The molecule has 0 saturated heterocycles. The molecular formula is C18H26N2O3. The van der Waals surface area contributed by atoms with Crippen molar-refractivity contribution in [3.8, 4) is 5.75 Å². The van der Waals surface area contributed by atoms with E-state index in [4.69, 9.17) is 4.74 Å². The third-order valence-corrected chi connectivity index (χ3v) is 3.54. The number of benzene rings is 1. The first kappa shape index (κ1) is 17.3. The molecule has 126 valence electrons. The number of carbonyl (C=O) groups is 1. The molecule has 0 unspecified atom stereocenters. The molecule has 1 N–H and O–H groups in total. The summed E-state index contributed by atoms with van der Waals surface area (Å²) in [5, 5.41) is 10.9. The van der Waals surface area contributed by atoms with Gasteiger partial charge in [-0.05, 0) is 43.6 Å². The van der Waals surface area contributed by atoms with Crippen LogP contribution in [0.25, 0.3) is 10.9 Å². The Bertz CT molecular complexity index is 696. The molecule has 5 nitrogen and oxygen atoms in total. The van der Waals surface area contributed by atoms with Gasteiger partial charge in [-0.2, -0.15) is 0 Å². The van der Waals surface area contributed by atoms with E-state index in [1.165, 1.54) is 4.57 Å². The Morgan fingerprint density at radius 1 is 1.30 bits per heavy atom. The Morgan fingerprint density at radius 3 is 2.61 bits per heavy atom. The van der Waals surface area contributed by atoms with Crippen molar-refractivity contribution >= 4 is 17.0 Å². The SMILES string of the molecule is CN(C)CCc1cn(C(=O)OCC(C)(C)C)c2cccc(O)c12. The molecule has 5 heteroatoms. The van der Waals surface area contributed by atoms with E-state index in [-0.39, 0.29) is 11.2 Å². The number of likely N-dealkylation sites (N-methyl/N-ethyl adjacent to an activating group) is 1. The quantitative estimate of drug-likeness (QED) is 0.937. The third-order valence-electron chi connectivity index (χ3n) is 3.54. The molecule has 0 aliphatic carbocycles. The molecule has 0 saturated carbocycles. The fourth-order valence-corrected chi connectivity index (χ4v) is 2.38. The minimum Gasteiger partial charge on any atom is -0.507 e. The lowest BCUT2D eigenvalue weighted by atomic mass is 9.99. The second-order valence-corrected chi connectivity index (χ2v) is 7.36. The van der Waals surface area contributed by atoms with E-state index in [1.54, 1.807) is 18.3 Å². The van der Waals surface area contributed by atoms with Crippen LogP contribution in [0.4, 0.5) is 4.79 Å². The summed E-state index contributed by atoms with van der Waals surface area (Å²) < 4.78 is 6.90. The van der Waals surface area contributed by atoms with Crippen LogP contribution in [0.1, 0.15) is 26.3 Å². The molecule has 0 amide bonds. The van der Waals surface area contributed by atoms with Gasteiger partial charge in [-0.1, -0.05) is 26.8 Å². The first-order valence-electron chi connectivity index (χ1n) is 7.83. The molecule has 0 aliphatic rings. The zero-order chi connectivity index (χ0) is 17.2. The largest absolute Gasteiger partial charge is 0.507 e. The fourth-order valence-electron chi connectivity index (χ4n) is 2.38. The van der Waals surface area contributed by atoms with Crippen molar-refractivity contribution < 1.29 is 14.6 Å². The maximum Gasteiger partial charge on any atom is 0.418 e. The summed E-state index contributed by atoms with van der Waals surface area (Å²) in [4.78, 5) is 14.5. The number of fused-ring (bicyclic) bond motifs is 1. The molecule has 2 aromatic rings. The Balaban J connectivity index is 2.36. The molecule has 0 fully saturated rings. The zero-order valence-electron chi connectivity index (χ0n) is 14.6. The van der Waals surface area contributed by atoms with E-state index in [9.17, 15) is 9.90 Å². The van der Waals surface area contributed by atoms with Gasteiger partial charge in [0, 0.05) is 18.1 Å². The molecule has 0 aliphatic heterocycles. The smallest absolute Gasteiger partial charge is 0.418 e. The average molecular weight is 318 g/mol. The number of phenolic OH excluding ortho intramolecular Hbond substituents is 1. The molecule has 1 aromatic heterocycles. The van der Waals surface area contributed by atoms with Gasteiger partial charge in [-0.25, -0.2) is 4.79 Å². The third kappa shape index (κ3) is 4.26. The van der Waals surface area contributed by atoms with Gasteiger partial charge in [-0.3, -0.25) is 4.57 Å². The monoisotopic (exact) mass is 318 g/mol. The highest BCUT2D eigenvalue weighted by molar-refractivity contribution is 5.95. The molecular weight excluding hydrogens is 292 g/mol. The van der Waals surface area contributed by atoms with Crippen LogP contribution in [0.15, 0.2) is 24.4 Å². The maximum atomic E-state index is 12.4. The van der Waals surface area contributed by atoms with Crippen molar-refractivity contribution in [3.05, 3.63) is 30.0 Å². The Morgan fingerprint density at radius 2 is 2.00 bits per heavy atom. The molecule has 23 heavy (non-hydrogen) atoms. The van der Waals surface area contributed by atoms with Crippen molar-refractivity contribution in [1.82, 2.24) is 9.47 Å². The molecule has 1 aromatic carbocycles. The lowest BCUT2D eigenvalue weighted by molar-refractivity contribution is 0.108. The van der Waals surface area contributed by atoms with Crippen LogP contribution < -0.4 is 0 Å². The van der Waals surface area contributed by atoms with Crippen LogP contribution in [0.2, 0.25) is 0 Å². The summed E-state index contributed by atoms with van der Waals surface area (Å²) in [5.41, 5.74) is 1.53. The van der Waals surface area contributed by atoms with Crippen LogP contribution in [-0.4, -0.2) is 47.9 Å². The van der Waals surface area contributed by atoms with Gasteiger partial charge in [0.15, 0.2) is 0 Å². The number of ether oxygens (including phenoxy) is 1. The predicted molar refractivity (Wildman–Crippen MR) is 92.1 cm³/mol. The second-order valence-electron chi connectivity index (χ2n) is 7.36. The summed E-state index contributed by atoms with van der Waals surface area (Å²) in [6, 6.07) is 5.21. The van der Waals surface area contributed by atoms with E-state index < -0.39 is 6.09 Å². The summed E-state index contributed by atoms with van der Waals surface area (Å²) >= 11 is 0. The molecule has 0 radical (unpaired) electrons. The average Bonchev–Trinajstić information content (AvgIpc) is 2.82. The van der Waals surface area contributed by atoms with Crippen LogP contribution in [-0.2, 0) is 11.2 Å². The lowest BCUT2D eigenvalue weighted by Crippen LogP contribution is -2.21. The molecule has 1 heterocycles. The number of rotatable bonds is 4. The fraction of sp³-hybridized carbons (Fsp3) is 0.500. The Hall–Kier alpha value is -2.01. The van der Waals surface area contributed by atoms with E-state index in [1.807, 2.05) is 40.9 Å². The van der Waals surface area contributed by atoms with Gasteiger partial charge in [0.25, 0.3) is 0 Å². The molecule has 0 atom stereocenters. The summed E-state index contributed by atoms with van der Waals surface area (Å²) in [5.74, 6) is 0.193. The number of hydrogen-bond donors (Lipinski definition) is 1. The van der Waals surface area contributed by atoms with E-state index in [0.717, 1.165) is 23.9 Å². The number of hydrogen-bond acceptors (Lipinski definition) is 4. The number of carbonyl (C=O) groups excluding carboxylic acids is 1. The van der Waals surface area contributed by atoms with Gasteiger partial charge in [-0.15, -0.1) is 0 Å². The summed E-state index contributed by atoms with van der Waals surface area (Å²) in [6.45, 7) is 7.23. The second kappa shape index (κ2) is 6.62. The number of aromatic nitrogens is 1. The van der Waals surface area contributed by atoms with Crippen molar-refractivity contribution in [2.45, 2.75) is 27.2 Å².